The predicted molar refractivity (Wildman–Crippen MR) is 102 cm³/mol. The number of aryl methyl sites for hydroxylation is 2. The molecule has 2 heterocycles. The van der Waals surface area contributed by atoms with E-state index in [-0.39, 0.29) is 23.8 Å². The van der Waals surface area contributed by atoms with Crippen molar-refractivity contribution in [3.05, 3.63) is 34.9 Å². The monoisotopic (exact) mass is 354 g/mol. The van der Waals surface area contributed by atoms with Gasteiger partial charge in [0.05, 0.1) is 12.1 Å². The number of Topliss-reactive ketones (excluding diaryl/α,β-unsaturated/α-hetero) is 1. The second kappa shape index (κ2) is 7.15. The van der Waals surface area contributed by atoms with Crippen LogP contribution in [-0.2, 0) is 4.79 Å². The standard InChI is InChI=1S/C22H30N2O2/c1-14-7-5-8-15(2)20(14)21(25)19-11-6-12-24(19)22(26)18-13-16-9-3-4-10-17(16)23-18/h5,7-8,16-19,23H,3-4,6,9-13H2,1-2H3/t16-,17-,18-,19-/m0/s1. The summed E-state index contributed by atoms with van der Waals surface area (Å²) in [6, 6.07) is 6.10. The zero-order valence-corrected chi connectivity index (χ0v) is 16.0. The summed E-state index contributed by atoms with van der Waals surface area (Å²) < 4.78 is 0. The quantitative estimate of drug-likeness (QED) is 0.847. The molecule has 0 unspecified atom stereocenters. The molecule has 2 saturated heterocycles. The van der Waals surface area contributed by atoms with Crippen molar-refractivity contribution < 1.29 is 9.59 Å². The summed E-state index contributed by atoms with van der Waals surface area (Å²) >= 11 is 0. The highest BCUT2D eigenvalue weighted by atomic mass is 16.2. The average Bonchev–Trinajstić information content (AvgIpc) is 3.27. The number of ketones is 1. The van der Waals surface area contributed by atoms with E-state index < -0.39 is 0 Å². The molecule has 3 aliphatic rings. The maximum atomic E-state index is 13.3. The van der Waals surface area contributed by atoms with Gasteiger partial charge in [-0.2, -0.15) is 0 Å². The molecule has 140 valence electrons. The van der Waals surface area contributed by atoms with E-state index in [1.165, 1.54) is 25.7 Å². The van der Waals surface area contributed by atoms with E-state index in [2.05, 4.69) is 5.32 Å². The first-order valence-electron chi connectivity index (χ1n) is 10.2. The first kappa shape index (κ1) is 17.7. The Morgan fingerprint density at radius 3 is 2.50 bits per heavy atom. The van der Waals surface area contributed by atoms with Gasteiger partial charge in [-0.15, -0.1) is 0 Å². The molecule has 1 saturated carbocycles. The second-order valence-electron chi connectivity index (χ2n) is 8.43. The normalized spacial score (nSPS) is 31.1. The van der Waals surface area contributed by atoms with Crippen molar-refractivity contribution in [2.75, 3.05) is 6.54 Å². The van der Waals surface area contributed by atoms with Gasteiger partial charge in [-0.1, -0.05) is 31.0 Å². The number of carbonyl (C=O) groups excluding carboxylic acids is 2. The minimum absolute atomic E-state index is 0.0885. The molecule has 1 aromatic rings. The fourth-order valence-electron chi connectivity index (χ4n) is 5.38. The van der Waals surface area contributed by atoms with Crippen molar-refractivity contribution >= 4 is 11.7 Å². The van der Waals surface area contributed by atoms with Crippen LogP contribution in [0, 0.1) is 19.8 Å². The minimum Gasteiger partial charge on any atom is -0.331 e. The molecule has 0 aromatic heterocycles. The van der Waals surface area contributed by atoms with Crippen LogP contribution in [0.1, 0.15) is 66.4 Å². The molecule has 1 N–H and O–H groups in total. The molecule has 4 rings (SSSR count). The number of carbonyl (C=O) groups is 2. The summed E-state index contributed by atoms with van der Waals surface area (Å²) in [4.78, 5) is 28.4. The van der Waals surface area contributed by atoms with Gasteiger partial charge in [0.2, 0.25) is 5.91 Å². The van der Waals surface area contributed by atoms with Crippen molar-refractivity contribution in [3.8, 4) is 0 Å². The van der Waals surface area contributed by atoms with Crippen molar-refractivity contribution in [1.29, 1.82) is 0 Å². The smallest absolute Gasteiger partial charge is 0.240 e. The Labute approximate surface area is 156 Å². The first-order chi connectivity index (χ1) is 12.6. The van der Waals surface area contributed by atoms with Crippen LogP contribution >= 0.6 is 0 Å². The molecule has 0 bridgehead atoms. The number of likely N-dealkylation sites (tertiary alicyclic amines) is 1. The first-order valence-corrected chi connectivity index (χ1v) is 10.2. The number of benzene rings is 1. The Hall–Kier alpha value is -1.68. The van der Waals surface area contributed by atoms with E-state index in [1.54, 1.807) is 0 Å². The van der Waals surface area contributed by atoms with Gasteiger partial charge in [0.15, 0.2) is 5.78 Å². The highest BCUT2D eigenvalue weighted by Crippen LogP contribution is 2.35. The second-order valence-corrected chi connectivity index (χ2v) is 8.43. The van der Waals surface area contributed by atoms with Crippen LogP contribution in [0.5, 0.6) is 0 Å². The van der Waals surface area contributed by atoms with Crippen molar-refractivity contribution in [2.24, 2.45) is 5.92 Å². The van der Waals surface area contributed by atoms with Crippen LogP contribution in [0.25, 0.3) is 0 Å². The van der Waals surface area contributed by atoms with Crippen LogP contribution in [0.3, 0.4) is 0 Å². The topological polar surface area (TPSA) is 49.4 Å². The van der Waals surface area contributed by atoms with E-state index >= 15 is 0 Å². The zero-order valence-electron chi connectivity index (χ0n) is 16.0. The molecule has 4 nitrogen and oxygen atoms in total. The highest BCUT2D eigenvalue weighted by Gasteiger charge is 2.43. The van der Waals surface area contributed by atoms with Gasteiger partial charge in [0.1, 0.15) is 0 Å². The number of amides is 1. The SMILES string of the molecule is Cc1cccc(C)c1C(=O)[C@@H]1CCCN1C(=O)[C@@H]1C[C@@H]2CCCC[C@@H]2N1. The largest absolute Gasteiger partial charge is 0.331 e. The van der Waals surface area contributed by atoms with Gasteiger partial charge in [0, 0.05) is 18.2 Å². The van der Waals surface area contributed by atoms with Crippen molar-refractivity contribution in [1.82, 2.24) is 10.2 Å². The number of hydrogen-bond acceptors (Lipinski definition) is 3. The van der Waals surface area contributed by atoms with E-state index in [9.17, 15) is 9.59 Å². The van der Waals surface area contributed by atoms with E-state index in [0.29, 0.717) is 18.5 Å². The molecule has 1 aromatic carbocycles. The molecule has 4 heteroatoms. The van der Waals surface area contributed by atoms with Gasteiger partial charge in [0.25, 0.3) is 0 Å². The lowest BCUT2D eigenvalue weighted by atomic mass is 9.85. The number of nitrogens with zero attached hydrogens (tertiary/aromatic N) is 1. The predicted octanol–water partition coefficient (Wildman–Crippen LogP) is 3.40. The van der Waals surface area contributed by atoms with Gasteiger partial charge < -0.3 is 10.2 Å². The lowest BCUT2D eigenvalue weighted by Gasteiger charge is -2.28. The van der Waals surface area contributed by atoms with Crippen molar-refractivity contribution in [2.45, 2.75) is 76.9 Å². The third-order valence-electron chi connectivity index (χ3n) is 6.73. The number of fused-ring (bicyclic) bond motifs is 1. The maximum Gasteiger partial charge on any atom is 0.240 e. The molecule has 1 amide bonds. The van der Waals surface area contributed by atoms with E-state index in [1.807, 2.05) is 36.9 Å². The molecule has 4 atom stereocenters. The molecular weight excluding hydrogens is 324 g/mol. The molecule has 26 heavy (non-hydrogen) atoms. The number of rotatable bonds is 3. The Balaban J connectivity index is 1.51. The molecule has 3 fully saturated rings. The molecule has 2 aliphatic heterocycles. The lowest BCUT2D eigenvalue weighted by molar-refractivity contribution is -0.133. The molecule has 1 aliphatic carbocycles. The molecule has 0 radical (unpaired) electrons. The Morgan fingerprint density at radius 1 is 1.04 bits per heavy atom. The Kier molecular flexibility index (Phi) is 4.87. The van der Waals surface area contributed by atoms with E-state index in [0.717, 1.165) is 36.0 Å². The van der Waals surface area contributed by atoms with Crippen LogP contribution in [0.2, 0.25) is 0 Å². The van der Waals surface area contributed by atoms with Crippen molar-refractivity contribution in [3.63, 3.8) is 0 Å². The van der Waals surface area contributed by atoms with Crippen LogP contribution in [0.15, 0.2) is 18.2 Å². The van der Waals surface area contributed by atoms with Gasteiger partial charge in [-0.3, -0.25) is 9.59 Å². The van der Waals surface area contributed by atoms with Crippen LogP contribution in [0.4, 0.5) is 0 Å². The summed E-state index contributed by atoms with van der Waals surface area (Å²) in [6.07, 6.45) is 7.66. The van der Waals surface area contributed by atoms with Crippen LogP contribution < -0.4 is 5.32 Å². The van der Waals surface area contributed by atoms with Gasteiger partial charge in [-0.05, 0) is 63.0 Å². The zero-order chi connectivity index (χ0) is 18.3. The summed E-state index contributed by atoms with van der Waals surface area (Å²) in [6.45, 7) is 4.70. The summed E-state index contributed by atoms with van der Waals surface area (Å²) in [5, 5.41) is 3.59. The highest BCUT2D eigenvalue weighted by molar-refractivity contribution is 6.04. The molecule has 0 spiro atoms. The fraction of sp³-hybridized carbons (Fsp3) is 0.636. The number of nitrogens with one attached hydrogen (secondary N) is 1. The van der Waals surface area contributed by atoms with Gasteiger partial charge in [-0.25, -0.2) is 0 Å². The summed E-state index contributed by atoms with van der Waals surface area (Å²) in [7, 11) is 0. The maximum absolute atomic E-state index is 13.3. The van der Waals surface area contributed by atoms with Crippen LogP contribution in [-0.4, -0.2) is 41.3 Å². The third-order valence-corrected chi connectivity index (χ3v) is 6.73. The third kappa shape index (κ3) is 3.09. The van der Waals surface area contributed by atoms with E-state index in [4.69, 9.17) is 0 Å². The molecular formula is C22H30N2O2. The lowest BCUT2D eigenvalue weighted by Crippen LogP contribution is -2.49. The summed E-state index contributed by atoms with van der Waals surface area (Å²) in [5.74, 6) is 0.927. The minimum atomic E-state index is -0.285. The fourth-order valence-corrected chi connectivity index (χ4v) is 5.38. The summed E-state index contributed by atoms with van der Waals surface area (Å²) in [5.41, 5.74) is 2.84. The Bertz CT molecular complexity index is 680. The average molecular weight is 354 g/mol. The van der Waals surface area contributed by atoms with Gasteiger partial charge >= 0.3 is 0 Å². The number of hydrogen-bond donors (Lipinski definition) is 1. The Morgan fingerprint density at radius 2 is 1.77 bits per heavy atom.